The largest absolute Gasteiger partial charge is 0.354 e. The summed E-state index contributed by atoms with van der Waals surface area (Å²) in [6.45, 7) is 4.09. The number of nitrogens with zero attached hydrogens (tertiary/aromatic N) is 2. The predicted octanol–water partition coefficient (Wildman–Crippen LogP) is 1.60. The first-order chi connectivity index (χ1) is 10.0. The third-order valence-corrected chi connectivity index (χ3v) is 3.29. The zero-order valence-corrected chi connectivity index (χ0v) is 12.6. The van der Waals surface area contributed by atoms with E-state index in [0.29, 0.717) is 11.1 Å². The lowest BCUT2D eigenvalue weighted by Gasteiger charge is -2.14. The van der Waals surface area contributed by atoms with E-state index in [4.69, 9.17) is 9.47 Å². The molecule has 6 nitrogen and oxygen atoms in total. The highest BCUT2D eigenvalue weighted by Gasteiger charge is 2.11. The van der Waals surface area contributed by atoms with Crippen molar-refractivity contribution >= 4 is 16.9 Å². The summed E-state index contributed by atoms with van der Waals surface area (Å²) >= 11 is 0. The average molecular weight is 289 g/mol. The van der Waals surface area contributed by atoms with Crippen LogP contribution in [0.25, 0.3) is 11.0 Å². The molecule has 0 radical (unpaired) electrons. The SMILES string of the molecule is COC(CNC(=O)c1ccc2nc(C)c(C)nc2c1)OC. The Bertz CT molecular complexity index is 654. The van der Waals surface area contributed by atoms with E-state index in [1.54, 1.807) is 18.2 Å². The Balaban J connectivity index is 2.18. The zero-order chi connectivity index (χ0) is 15.4. The van der Waals surface area contributed by atoms with Crippen molar-refractivity contribution in [3.8, 4) is 0 Å². The first-order valence-electron chi connectivity index (χ1n) is 6.64. The number of hydrogen-bond donors (Lipinski definition) is 1. The van der Waals surface area contributed by atoms with E-state index in [1.165, 1.54) is 14.2 Å². The molecule has 0 aliphatic heterocycles. The van der Waals surface area contributed by atoms with Gasteiger partial charge in [-0.05, 0) is 32.0 Å². The lowest BCUT2D eigenvalue weighted by atomic mass is 10.1. The number of carbonyl (C=O) groups is 1. The summed E-state index contributed by atoms with van der Waals surface area (Å²) in [5, 5.41) is 2.75. The maximum absolute atomic E-state index is 12.1. The molecule has 1 heterocycles. The molecule has 0 aliphatic rings. The van der Waals surface area contributed by atoms with E-state index in [0.717, 1.165) is 16.9 Å². The highest BCUT2D eigenvalue weighted by atomic mass is 16.7. The summed E-state index contributed by atoms with van der Waals surface area (Å²) in [7, 11) is 3.05. The van der Waals surface area contributed by atoms with Crippen LogP contribution in [0.4, 0.5) is 0 Å². The van der Waals surface area contributed by atoms with Gasteiger partial charge in [0.2, 0.25) is 0 Å². The lowest BCUT2D eigenvalue weighted by Crippen LogP contribution is -2.34. The fourth-order valence-corrected chi connectivity index (χ4v) is 1.91. The van der Waals surface area contributed by atoms with Crippen molar-refractivity contribution in [2.75, 3.05) is 20.8 Å². The monoisotopic (exact) mass is 289 g/mol. The van der Waals surface area contributed by atoms with Gasteiger partial charge in [-0.15, -0.1) is 0 Å². The normalized spacial score (nSPS) is 11.1. The number of carbonyl (C=O) groups excluding carboxylic acids is 1. The maximum Gasteiger partial charge on any atom is 0.251 e. The van der Waals surface area contributed by atoms with Gasteiger partial charge in [0, 0.05) is 19.8 Å². The Morgan fingerprint density at radius 3 is 2.38 bits per heavy atom. The summed E-state index contributed by atoms with van der Waals surface area (Å²) in [5.74, 6) is -0.198. The zero-order valence-electron chi connectivity index (χ0n) is 12.6. The number of rotatable bonds is 5. The van der Waals surface area contributed by atoms with Gasteiger partial charge in [-0.3, -0.25) is 4.79 Å². The average Bonchev–Trinajstić information content (AvgIpc) is 2.48. The van der Waals surface area contributed by atoms with Gasteiger partial charge in [0.1, 0.15) is 0 Å². The van der Waals surface area contributed by atoms with Crippen LogP contribution in [0.5, 0.6) is 0 Å². The van der Waals surface area contributed by atoms with Gasteiger partial charge < -0.3 is 14.8 Å². The number of amides is 1. The molecule has 0 atom stereocenters. The van der Waals surface area contributed by atoms with Gasteiger partial charge in [-0.2, -0.15) is 0 Å². The molecule has 0 saturated carbocycles. The van der Waals surface area contributed by atoms with Gasteiger partial charge in [0.05, 0.1) is 29.0 Å². The first kappa shape index (κ1) is 15.3. The molecule has 0 aliphatic carbocycles. The minimum Gasteiger partial charge on any atom is -0.354 e. The third-order valence-electron chi connectivity index (χ3n) is 3.29. The molecule has 0 bridgehead atoms. The van der Waals surface area contributed by atoms with E-state index in [9.17, 15) is 4.79 Å². The molecule has 0 fully saturated rings. The van der Waals surface area contributed by atoms with Crippen molar-refractivity contribution in [1.82, 2.24) is 15.3 Å². The van der Waals surface area contributed by atoms with Crippen molar-refractivity contribution < 1.29 is 14.3 Å². The number of nitrogens with one attached hydrogen (secondary N) is 1. The number of ether oxygens (including phenoxy) is 2. The number of methoxy groups -OCH3 is 2. The smallest absolute Gasteiger partial charge is 0.251 e. The standard InChI is InChI=1S/C15H19N3O3/c1-9-10(2)18-13-7-11(5-6-12(13)17-9)15(19)16-8-14(20-3)21-4/h5-7,14H,8H2,1-4H3,(H,16,19). The minimum absolute atomic E-state index is 0.198. The molecule has 0 spiro atoms. The highest BCUT2D eigenvalue weighted by molar-refractivity contribution is 5.97. The first-order valence-corrected chi connectivity index (χ1v) is 6.64. The maximum atomic E-state index is 12.1. The van der Waals surface area contributed by atoms with Gasteiger partial charge in [0.25, 0.3) is 5.91 Å². The Labute approximate surface area is 123 Å². The fraction of sp³-hybridized carbons (Fsp3) is 0.400. The molecule has 0 unspecified atom stereocenters. The van der Waals surface area contributed by atoms with Crippen molar-refractivity contribution in [2.24, 2.45) is 0 Å². The lowest BCUT2D eigenvalue weighted by molar-refractivity contribution is -0.0974. The number of fused-ring (bicyclic) bond motifs is 1. The van der Waals surface area contributed by atoms with Gasteiger partial charge in [0.15, 0.2) is 6.29 Å². The second-order valence-electron chi connectivity index (χ2n) is 4.71. The van der Waals surface area contributed by atoms with Crippen molar-refractivity contribution in [3.05, 3.63) is 35.2 Å². The second-order valence-corrected chi connectivity index (χ2v) is 4.71. The van der Waals surface area contributed by atoms with E-state index < -0.39 is 6.29 Å². The Kier molecular flexibility index (Phi) is 4.82. The third kappa shape index (κ3) is 3.53. The molecule has 21 heavy (non-hydrogen) atoms. The summed E-state index contributed by atoms with van der Waals surface area (Å²) in [6.07, 6.45) is -0.459. The van der Waals surface area contributed by atoms with Crippen LogP contribution in [0.15, 0.2) is 18.2 Å². The minimum atomic E-state index is -0.459. The van der Waals surface area contributed by atoms with Crippen LogP contribution in [0.3, 0.4) is 0 Å². The van der Waals surface area contributed by atoms with Crippen molar-refractivity contribution in [2.45, 2.75) is 20.1 Å². The van der Waals surface area contributed by atoms with Crippen LogP contribution in [0.1, 0.15) is 21.7 Å². The molecule has 1 aromatic carbocycles. The van der Waals surface area contributed by atoms with Gasteiger partial charge in [-0.1, -0.05) is 0 Å². The number of hydrogen-bond acceptors (Lipinski definition) is 5. The summed E-state index contributed by atoms with van der Waals surface area (Å²) in [4.78, 5) is 21.0. The van der Waals surface area contributed by atoms with Crippen LogP contribution < -0.4 is 5.32 Å². The Morgan fingerprint density at radius 1 is 1.14 bits per heavy atom. The Hall–Kier alpha value is -2.05. The molecule has 6 heteroatoms. The molecule has 112 valence electrons. The van der Waals surface area contributed by atoms with E-state index in [2.05, 4.69) is 15.3 Å². The van der Waals surface area contributed by atoms with Gasteiger partial charge >= 0.3 is 0 Å². The number of benzene rings is 1. The molecule has 2 rings (SSSR count). The predicted molar refractivity (Wildman–Crippen MR) is 79.2 cm³/mol. The van der Waals surface area contributed by atoms with Crippen molar-refractivity contribution in [1.29, 1.82) is 0 Å². The van der Waals surface area contributed by atoms with Gasteiger partial charge in [-0.25, -0.2) is 9.97 Å². The summed E-state index contributed by atoms with van der Waals surface area (Å²) in [6, 6.07) is 5.27. The molecule has 0 saturated heterocycles. The fourth-order valence-electron chi connectivity index (χ4n) is 1.91. The topological polar surface area (TPSA) is 73.3 Å². The molecular formula is C15H19N3O3. The molecular weight excluding hydrogens is 270 g/mol. The molecule has 1 aromatic heterocycles. The second kappa shape index (κ2) is 6.60. The summed E-state index contributed by atoms with van der Waals surface area (Å²) in [5.41, 5.74) is 3.77. The highest BCUT2D eigenvalue weighted by Crippen LogP contribution is 2.14. The number of aromatic nitrogens is 2. The molecule has 1 amide bonds. The molecule has 2 aromatic rings. The summed E-state index contributed by atoms with van der Waals surface area (Å²) < 4.78 is 10.1. The van der Waals surface area contributed by atoms with Crippen LogP contribution in [0.2, 0.25) is 0 Å². The van der Waals surface area contributed by atoms with Crippen LogP contribution in [0, 0.1) is 13.8 Å². The van der Waals surface area contributed by atoms with E-state index in [-0.39, 0.29) is 12.5 Å². The van der Waals surface area contributed by atoms with Crippen LogP contribution in [-0.4, -0.2) is 42.9 Å². The molecule has 1 N–H and O–H groups in total. The quantitative estimate of drug-likeness (QED) is 0.846. The van der Waals surface area contributed by atoms with E-state index >= 15 is 0 Å². The van der Waals surface area contributed by atoms with Crippen LogP contribution >= 0.6 is 0 Å². The Morgan fingerprint density at radius 2 is 1.76 bits per heavy atom. The van der Waals surface area contributed by atoms with E-state index in [1.807, 2.05) is 13.8 Å². The van der Waals surface area contributed by atoms with Crippen LogP contribution in [-0.2, 0) is 9.47 Å². The van der Waals surface area contributed by atoms with Crippen molar-refractivity contribution in [3.63, 3.8) is 0 Å². The number of aryl methyl sites for hydroxylation is 2.